The lowest BCUT2D eigenvalue weighted by Crippen LogP contribution is -2.44. The van der Waals surface area contributed by atoms with E-state index >= 15 is 0 Å². The van der Waals surface area contributed by atoms with Crippen LogP contribution in [0.15, 0.2) is 27.4 Å². The molecule has 1 saturated heterocycles. The minimum absolute atomic E-state index is 0. The molecule has 2 heterocycles. The van der Waals surface area contributed by atoms with Gasteiger partial charge in [-0.25, -0.2) is 4.79 Å². The van der Waals surface area contributed by atoms with Crippen molar-refractivity contribution in [1.82, 2.24) is 9.47 Å². The van der Waals surface area contributed by atoms with Crippen LogP contribution in [0.4, 0.5) is 5.69 Å². The van der Waals surface area contributed by atoms with Gasteiger partial charge >= 0.3 is 5.76 Å². The molecular weight excluding hydrogens is 407 g/mol. The fourth-order valence-corrected chi connectivity index (χ4v) is 3.17. The van der Waals surface area contributed by atoms with Crippen LogP contribution >= 0.6 is 24.8 Å². The predicted octanol–water partition coefficient (Wildman–Crippen LogP) is 1.69. The highest BCUT2D eigenvalue weighted by molar-refractivity contribution is 5.96. The van der Waals surface area contributed by atoms with Crippen LogP contribution in [-0.2, 0) is 16.1 Å². The maximum absolute atomic E-state index is 12.5. The summed E-state index contributed by atoms with van der Waals surface area (Å²) in [6, 6.07) is 4.59. The van der Waals surface area contributed by atoms with Crippen LogP contribution in [0.2, 0.25) is 0 Å². The summed E-state index contributed by atoms with van der Waals surface area (Å²) in [5, 5.41) is 2.86. The Morgan fingerprint density at radius 3 is 2.64 bits per heavy atom. The molecule has 1 aliphatic rings. The third kappa shape index (κ3) is 5.71. The number of hydrogen-bond acceptors (Lipinski definition) is 6. The Morgan fingerprint density at radius 2 is 2.00 bits per heavy atom. The van der Waals surface area contributed by atoms with Crippen molar-refractivity contribution in [2.75, 3.05) is 39.2 Å². The summed E-state index contributed by atoms with van der Waals surface area (Å²) in [6.07, 6.45) is 1.58. The molecule has 2 aromatic rings. The largest absolute Gasteiger partial charge is 0.419 e. The van der Waals surface area contributed by atoms with Gasteiger partial charge in [0.05, 0.1) is 11.6 Å². The molecule has 1 atom stereocenters. The van der Waals surface area contributed by atoms with E-state index < -0.39 is 11.8 Å². The summed E-state index contributed by atoms with van der Waals surface area (Å²) < 4.78 is 12.2. The number of halogens is 2. The quantitative estimate of drug-likeness (QED) is 0.716. The maximum atomic E-state index is 12.5. The van der Waals surface area contributed by atoms with E-state index in [1.54, 1.807) is 22.8 Å². The number of oxazole rings is 1. The van der Waals surface area contributed by atoms with E-state index in [0.717, 1.165) is 12.8 Å². The fraction of sp³-hybridized carbons (Fsp3) is 0.556. The second-order valence-electron chi connectivity index (χ2n) is 6.97. The van der Waals surface area contributed by atoms with Gasteiger partial charge in [0.2, 0.25) is 5.91 Å². The van der Waals surface area contributed by atoms with Gasteiger partial charge in [-0.1, -0.05) is 0 Å². The summed E-state index contributed by atoms with van der Waals surface area (Å²) in [6.45, 7) is 2.51. The van der Waals surface area contributed by atoms with Gasteiger partial charge in [-0.3, -0.25) is 9.36 Å². The number of nitrogens with zero attached hydrogens (tertiary/aromatic N) is 2. The number of anilines is 1. The molecule has 3 N–H and O–H groups in total. The molecule has 0 spiro atoms. The van der Waals surface area contributed by atoms with Crippen LogP contribution < -0.4 is 16.8 Å². The second kappa shape index (κ2) is 10.8. The fourth-order valence-electron chi connectivity index (χ4n) is 3.17. The second-order valence-corrected chi connectivity index (χ2v) is 6.97. The van der Waals surface area contributed by atoms with Crippen molar-refractivity contribution in [3.05, 3.63) is 28.7 Å². The van der Waals surface area contributed by atoms with Crippen LogP contribution in [0.3, 0.4) is 0 Å². The Balaban J connectivity index is 0.00000196. The number of aromatic nitrogens is 1. The maximum Gasteiger partial charge on any atom is 0.419 e. The normalized spacial score (nSPS) is 15.7. The predicted molar refractivity (Wildman–Crippen MR) is 114 cm³/mol. The molecule has 0 radical (unpaired) electrons. The number of carbonyl (C=O) groups excluding carboxylic acids is 1. The number of hydrogen-bond donors (Lipinski definition) is 2. The summed E-state index contributed by atoms with van der Waals surface area (Å²) in [4.78, 5) is 26.5. The van der Waals surface area contributed by atoms with Gasteiger partial charge in [0.15, 0.2) is 5.58 Å². The minimum atomic E-state index is -0.574. The number of nitrogens with two attached hydrogens (primary N) is 1. The molecule has 3 rings (SSSR count). The van der Waals surface area contributed by atoms with Crippen LogP contribution in [-0.4, -0.2) is 55.3 Å². The Hall–Kier alpha value is -1.58. The first-order valence-corrected chi connectivity index (χ1v) is 8.88. The molecule has 1 aromatic heterocycles. The van der Waals surface area contributed by atoms with Crippen LogP contribution in [0.25, 0.3) is 11.1 Å². The summed E-state index contributed by atoms with van der Waals surface area (Å²) in [5.41, 5.74) is 7.88. The smallest absolute Gasteiger partial charge is 0.408 e. The Labute approximate surface area is 176 Å². The van der Waals surface area contributed by atoms with Crippen LogP contribution in [0.5, 0.6) is 0 Å². The first-order valence-electron chi connectivity index (χ1n) is 8.88. The van der Waals surface area contributed by atoms with Gasteiger partial charge in [-0.05, 0) is 51.1 Å². The molecule has 28 heavy (non-hydrogen) atoms. The number of fused-ring (bicyclic) bond motifs is 1. The van der Waals surface area contributed by atoms with Crippen LogP contribution in [0, 0.1) is 5.92 Å². The average Bonchev–Trinajstić information content (AvgIpc) is 2.94. The van der Waals surface area contributed by atoms with Crippen molar-refractivity contribution in [3.63, 3.8) is 0 Å². The minimum Gasteiger partial charge on any atom is -0.408 e. The topological polar surface area (TPSA) is 103 Å². The molecule has 0 saturated carbocycles. The van der Waals surface area contributed by atoms with Gasteiger partial charge in [0.25, 0.3) is 0 Å². The molecule has 1 unspecified atom stereocenters. The highest BCUT2D eigenvalue weighted by Gasteiger charge is 2.26. The lowest BCUT2D eigenvalue weighted by Gasteiger charge is -2.26. The van der Waals surface area contributed by atoms with Crippen molar-refractivity contribution in [2.45, 2.75) is 25.4 Å². The van der Waals surface area contributed by atoms with E-state index in [2.05, 4.69) is 5.32 Å². The molecule has 8 nitrogen and oxygen atoms in total. The molecule has 10 heteroatoms. The zero-order valence-corrected chi connectivity index (χ0v) is 17.7. The Kier molecular flexibility index (Phi) is 9.46. The van der Waals surface area contributed by atoms with Crippen LogP contribution in [0.1, 0.15) is 12.8 Å². The molecule has 1 aromatic carbocycles. The number of nitrogens with one attached hydrogen (secondary N) is 1. The van der Waals surface area contributed by atoms with Gasteiger partial charge in [-0.2, -0.15) is 0 Å². The monoisotopic (exact) mass is 434 g/mol. The van der Waals surface area contributed by atoms with Gasteiger partial charge in [0.1, 0.15) is 0 Å². The number of likely N-dealkylation sites (N-methyl/N-ethyl adjacent to an activating group) is 1. The van der Waals surface area contributed by atoms with E-state index in [1.807, 2.05) is 19.0 Å². The van der Waals surface area contributed by atoms with Crippen molar-refractivity contribution < 1.29 is 13.9 Å². The first kappa shape index (κ1) is 24.5. The van der Waals surface area contributed by atoms with Gasteiger partial charge < -0.3 is 25.1 Å². The van der Waals surface area contributed by atoms with E-state index in [-0.39, 0.29) is 36.6 Å². The molecule has 1 aliphatic heterocycles. The van der Waals surface area contributed by atoms with Crippen molar-refractivity contribution in [1.29, 1.82) is 0 Å². The third-order valence-corrected chi connectivity index (χ3v) is 4.78. The van der Waals surface area contributed by atoms with Crippen molar-refractivity contribution >= 4 is 47.5 Å². The standard InChI is InChI=1S/C18H26N4O4.2ClH/c1-21(2)7-8-22-14-11-13(3-4-15(14)26-18(22)24)20-17(23)16(19)12-5-9-25-10-6-12;;/h3-4,11-12,16H,5-10,19H2,1-2H3,(H,20,23);2*1H. The summed E-state index contributed by atoms with van der Waals surface area (Å²) >= 11 is 0. The molecule has 1 fully saturated rings. The zero-order chi connectivity index (χ0) is 18.7. The van der Waals surface area contributed by atoms with E-state index in [0.29, 0.717) is 43.1 Å². The number of amides is 1. The lowest BCUT2D eigenvalue weighted by atomic mass is 9.92. The van der Waals surface area contributed by atoms with Crippen molar-refractivity contribution in [2.24, 2.45) is 11.7 Å². The first-order chi connectivity index (χ1) is 12.5. The molecule has 1 amide bonds. The number of rotatable bonds is 6. The van der Waals surface area contributed by atoms with Crippen molar-refractivity contribution in [3.8, 4) is 0 Å². The molecule has 0 aliphatic carbocycles. The highest BCUT2D eigenvalue weighted by atomic mass is 35.5. The number of benzene rings is 1. The molecule has 0 bridgehead atoms. The van der Waals surface area contributed by atoms with E-state index in [9.17, 15) is 9.59 Å². The van der Waals surface area contributed by atoms with Gasteiger partial charge in [0, 0.05) is 32.0 Å². The highest BCUT2D eigenvalue weighted by Crippen LogP contribution is 2.21. The number of ether oxygens (including phenoxy) is 1. The molecule has 158 valence electrons. The summed E-state index contributed by atoms with van der Waals surface area (Å²) in [7, 11) is 3.88. The molecular formula is C18H28Cl2N4O4. The summed E-state index contributed by atoms with van der Waals surface area (Å²) in [5.74, 6) is -0.495. The Morgan fingerprint density at radius 1 is 1.32 bits per heavy atom. The zero-order valence-electron chi connectivity index (χ0n) is 16.1. The van der Waals surface area contributed by atoms with Gasteiger partial charge in [-0.15, -0.1) is 24.8 Å². The third-order valence-electron chi connectivity index (χ3n) is 4.78. The van der Waals surface area contributed by atoms with E-state index in [1.165, 1.54) is 0 Å². The lowest BCUT2D eigenvalue weighted by molar-refractivity contribution is -0.119. The number of carbonyl (C=O) groups is 1. The average molecular weight is 435 g/mol. The SMILES string of the molecule is CN(C)CCn1c(=O)oc2ccc(NC(=O)C(N)C3CCOCC3)cc21.Cl.Cl. The Bertz CT molecular complexity index is 831. The van der Waals surface area contributed by atoms with E-state index in [4.69, 9.17) is 14.9 Å².